The molecule has 6 nitrogen and oxygen atoms in total. The fraction of sp³-hybridized carbons (Fsp3) is 0.333. The summed E-state index contributed by atoms with van der Waals surface area (Å²) in [6.07, 6.45) is 3.17. The molecular weight excluding hydrogens is 361 g/mol. The summed E-state index contributed by atoms with van der Waals surface area (Å²) < 4.78 is 19.1. The molecule has 3 N–H and O–H groups in total. The number of halogens is 2. The van der Waals surface area contributed by atoms with E-state index in [1.165, 1.54) is 30.5 Å². The normalized spacial score (nSPS) is 16.5. The lowest BCUT2D eigenvalue weighted by Crippen LogP contribution is -2.37. The third-order valence-electron chi connectivity index (χ3n) is 4.25. The van der Waals surface area contributed by atoms with Gasteiger partial charge in [0.15, 0.2) is 0 Å². The summed E-state index contributed by atoms with van der Waals surface area (Å²) >= 11 is 0. The van der Waals surface area contributed by atoms with Gasteiger partial charge in [0.2, 0.25) is 5.91 Å². The summed E-state index contributed by atoms with van der Waals surface area (Å²) in [7, 11) is 0. The monoisotopic (exact) mass is 381 g/mol. The molecule has 0 bridgehead atoms. The van der Waals surface area contributed by atoms with Crippen LogP contribution in [0.1, 0.15) is 29.0 Å². The van der Waals surface area contributed by atoms with Crippen LogP contribution in [0.3, 0.4) is 0 Å². The van der Waals surface area contributed by atoms with Crippen molar-refractivity contribution in [1.29, 1.82) is 0 Å². The minimum Gasteiger partial charge on any atom is -0.469 e. The number of rotatable bonds is 4. The Balaban J connectivity index is 0.00000243. The third-order valence-corrected chi connectivity index (χ3v) is 4.25. The highest BCUT2D eigenvalue weighted by molar-refractivity contribution is 6.05. The molecule has 1 aliphatic rings. The van der Waals surface area contributed by atoms with Gasteiger partial charge >= 0.3 is 0 Å². The molecule has 26 heavy (non-hydrogen) atoms. The zero-order valence-electron chi connectivity index (χ0n) is 14.3. The van der Waals surface area contributed by atoms with Gasteiger partial charge in [0.25, 0.3) is 5.91 Å². The topological polar surface area (TPSA) is 83.4 Å². The van der Waals surface area contributed by atoms with Crippen LogP contribution >= 0.6 is 12.4 Å². The first kappa shape index (κ1) is 19.9. The van der Waals surface area contributed by atoms with Gasteiger partial charge in [-0.15, -0.1) is 12.4 Å². The summed E-state index contributed by atoms with van der Waals surface area (Å²) in [5.41, 5.74) is 0.781. The van der Waals surface area contributed by atoms with Crippen LogP contribution in [0, 0.1) is 18.7 Å². The van der Waals surface area contributed by atoms with Crippen molar-refractivity contribution >= 4 is 35.6 Å². The molecule has 1 fully saturated rings. The molecule has 1 aliphatic heterocycles. The second-order valence-electron chi connectivity index (χ2n) is 6.07. The van der Waals surface area contributed by atoms with Crippen molar-refractivity contribution in [2.24, 2.45) is 5.92 Å². The number of furan rings is 1. The first-order valence-electron chi connectivity index (χ1n) is 8.21. The molecule has 0 radical (unpaired) electrons. The number of carbonyl (C=O) groups is 2. The number of hydrogen-bond donors (Lipinski definition) is 3. The van der Waals surface area contributed by atoms with Crippen molar-refractivity contribution in [3.63, 3.8) is 0 Å². The minimum atomic E-state index is -0.577. The Kier molecular flexibility index (Phi) is 6.76. The first-order valence-corrected chi connectivity index (χ1v) is 8.21. The Labute approximate surface area is 156 Å². The van der Waals surface area contributed by atoms with Crippen molar-refractivity contribution in [3.8, 4) is 0 Å². The number of anilines is 2. The third kappa shape index (κ3) is 4.62. The van der Waals surface area contributed by atoms with Gasteiger partial charge in [0.1, 0.15) is 11.6 Å². The maximum atomic E-state index is 14.0. The zero-order valence-corrected chi connectivity index (χ0v) is 15.1. The minimum absolute atomic E-state index is 0. The Morgan fingerprint density at radius 1 is 1.27 bits per heavy atom. The van der Waals surface area contributed by atoms with E-state index >= 15 is 0 Å². The van der Waals surface area contributed by atoms with E-state index in [9.17, 15) is 14.0 Å². The SMILES string of the molecule is Cc1occc1C(=O)Nc1cc(NC(=O)C2CCCNC2)ccc1F.Cl. The standard InChI is InChI=1S/C18H20FN3O3.ClH/c1-11-14(6-8-25-11)18(24)22-16-9-13(4-5-15(16)19)21-17(23)12-3-2-7-20-10-12;/h4-6,8-9,12,20H,2-3,7,10H2,1H3,(H,21,23)(H,22,24);1H. The highest BCUT2D eigenvalue weighted by atomic mass is 35.5. The van der Waals surface area contributed by atoms with Crippen molar-refractivity contribution in [2.45, 2.75) is 19.8 Å². The van der Waals surface area contributed by atoms with Crippen molar-refractivity contribution < 1.29 is 18.4 Å². The van der Waals surface area contributed by atoms with Crippen LogP contribution in [-0.4, -0.2) is 24.9 Å². The van der Waals surface area contributed by atoms with E-state index in [1.807, 2.05) is 0 Å². The number of piperidine rings is 1. The van der Waals surface area contributed by atoms with Crippen LogP contribution < -0.4 is 16.0 Å². The summed E-state index contributed by atoms with van der Waals surface area (Å²) in [4.78, 5) is 24.5. The van der Waals surface area contributed by atoms with Gasteiger partial charge < -0.3 is 20.4 Å². The van der Waals surface area contributed by atoms with Gasteiger partial charge in [-0.25, -0.2) is 4.39 Å². The molecule has 2 heterocycles. The summed E-state index contributed by atoms with van der Waals surface area (Å²) in [6, 6.07) is 5.62. The Morgan fingerprint density at radius 2 is 2.08 bits per heavy atom. The van der Waals surface area contributed by atoms with Crippen LogP contribution in [0.2, 0.25) is 0 Å². The van der Waals surface area contributed by atoms with E-state index in [1.54, 1.807) is 6.92 Å². The molecule has 1 saturated heterocycles. The number of carbonyl (C=O) groups excluding carboxylic acids is 2. The molecule has 0 spiro atoms. The van der Waals surface area contributed by atoms with Crippen LogP contribution in [0.25, 0.3) is 0 Å². The van der Waals surface area contributed by atoms with Gasteiger partial charge in [-0.3, -0.25) is 9.59 Å². The van der Waals surface area contributed by atoms with Gasteiger partial charge in [-0.1, -0.05) is 0 Å². The highest BCUT2D eigenvalue weighted by Gasteiger charge is 2.21. The van der Waals surface area contributed by atoms with Crippen LogP contribution in [0.5, 0.6) is 0 Å². The summed E-state index contributed by atoms with van der Waals surface area (Å²) in [5.74, 6) is -0.809. The van der Waals surface area contributed by atoms with Gasteiger partial charge in [0.05, 0.1) is 23.4 Å². The van der Waals surface area contributed by atoms with Crippen molar-refractivity contribution in [3.05, 3.63) is 47.7 Å². The van der Waals surface area contributed by atoms with E-state index < -0.39 is 11.7 Å². The van der Waals surface area contributed by atoms with E-state index in [-0.39, 0.29) is 29.9 Å². The molecule has 1 unspecified atom stereocenters. The lowest BCUT2D eigenvalue weighted by molar-refractivity contribution is -0.120. The van der Waals surface area contributed by atoms with E-state index in [0.29, 0.717) is 23.6 Å². The van der Waals surface area contributed by atoms with Crippen LogP contribution in [-0.2, 0) is 4.79 Å². The second-order valence-corrected chi connectivity index (χ2v) is 6.07. The maximum Gasteiger partial charge on any atom is 0.259 e. The van der Waals surface area contributed by atoms with Gasteiger partial charge in [0, 0.05) is 12.2 Å². The number of aryl methyl sites for hydroxylation is 1. The Morgan fingerprint density at radius 3 is 2.73 bits per heavy atom. The van der Waals surface area contributed by atoms with Gasteiger partial charge in [-0.05, 0) is 50.6 Å². The fourth-order valence-electron chi connectivity index (χ4n) is 2.83. The van der Waals surface area contributed by atoms with Crippen LogP contribution in [0.15, 0.2) is 34.9 Å². The number of benzene rings is 1. The average molecular weight is 382 g/mol. The highest BCUT2D eigenvalue weighted by Crippen LogP contribution is 2.22. The van der Waals surface area contributed by atoms with Crippen LogP contribution in [0.4, 0.5) is 15.8 Å². The molecule has 2 aromatic rings. The number of hydrogen-bond acceptors (Lipinski definition) is 4. The number of nitrogens with one attached hydrogen (secondary N) is 3. The fourth-order valence-corrected chi connectivity index (χ4v) is 2.83. The van der Waals surface area contributed by atoms with Crippen molar-refractivity contribution in [1.82, 2.24) is 5.32 Å². The Bertz CT molecular complexity index is 788. The second kappa shape index (κ2) is 8.82. The molecule has 2 amide bonds. The molecular formula is C18H21ClFN3O3. The van der Waals surface area contributed by atoms with E-state index in [4.69, 9.17) is 4.42 Å². The molecule has 140 valence electrons. The van der Waals surface area contributed by atoms with Gasteiger partial charge in [-0.2, -0.15) is 0 Å². The molecule has 1 aromatic carbocycles. The molecule has 1 atom stereocenters. The molecule has 0 aliphatic carbocycles. The number of amides is 2. The smallest absolute Gasteiger partial charge is 0.259 e. The van der Waals surface area contributed by atoms with Crippen molar-refractivity contribution in [2.75, 3.05) is 23.7 Å². The predicted octanol–water partition coefficient (Wildman–Crippen LogP) is 3.34. The largest absolute Gasteiger partial charge is 0.469 e. The molecule has 0 saturated carbocycles. The Hall–Kier alpha value is -2.38. The molecule has 3 rings (SSSR count). The lowest BCUT2D eigenvalue weighted by Gasteiger charge is -2.22. The van der Waals surface area contributed by atoms with E-state index in [2.05, 4.69) is 16.0 Å². The quantitative estimate of drug-likeness (QED) is 0.758. The first-order chi connectivity index (χ1) is 12.0. The molecule has 8 heteroatoms. The maximum absolute atomic E-state index is 14.0. The zero-order chi connectivity index (χ0) is 17.8. The lowest BCUT2D eigenvalue weighted by atomic mass is 9.99. The van der Waals surface area contributed by atoms with E-state index in [0.717, 1.165) is 19.4 Å². The average Bonchev–Trinajstić information content (AvgIpc) is 3.04. The predicted molar refractivity (Wildman–Crippen MR) is 99.3 cm³/mol. The summed E-state index contributed by atoms with van der Waals surface area (Å²) in [6.45, 7) is 3.21. The summed E-state index contributed by atoms with van der Waals surface area (Å²) in [5, 5.41) is 8.47. The molecule has 1 aromatic heterocycles.